The van der Waals surface area contributed by atoms with Crippen LogP contribution in [-0.2, 0) is 0 Å². The summed E-state index contributed by atoms with van der Waals surface area (Å²) in [4.78, 5) is 12.1. The molecule has 2 rings (SSSR count). The summed E-state index contributed by atoms with van der Waals surface area (Å²) in [7, 11) is 0. The highest BCUT2D eigenvalue weighted by Gasteiger charge is 2.37. The van der Waals surface area contributed by atoms with Crippen molar-refractivity contribution in [2.45, 2.75) is 38.6 Å². The van der Waals surface area contributed by atoms with Gasteiger partial charge >= 0.3 is 0 Å². The summed E-state index contributed by atoms with van der Waals surface area (Å²) < 4.78 is 0. The molecule has 0 bridgehead atoms. The van der Waals surface area contributed by atoms with Crippen molar-refractivity contribution in [1.29, 1.82) is 0 Å². The lowest BCUT2D eigenvalue weighted by molar-refractivity contribution is 0.0949. The smallest absolute Gasteiger partial charge is 0.251 e. The number of carbonyl (C=O) groups is 1. The Balaban J connectivity index is 1.94. The molecule has 0 aromatic heterocycles. The molecule has 3 heteroatoms. The molecule has 2 unspecified atom stereocenters. The maximum atomic E-state index is 12.1. The third kappa shape index (κ3) is 4.11. The highest BCUT2D eigenvalue weighted by molar-refractivity contribution is 5.94. The average molecular weight is 271 g/mol. The summed E-state index contributed by atoms with van der Waals surface area (Å²) in [6.45, 7) is 2.24. The Hall–Kier alpha value is -1.79. The molecule has 0 heterocycles. The standard InChI is InChI=1S/C17H21NO2/c1-2-6-14-12-16(14)18-17(20)15-9-5-8-13(11-15)7-3-4-10-19/h5,8-9,11,14,16,19H,2,4,6,10,12H2,1H3,(H,18,20). The van der Waals surface area contributed by atoms with Crippen molar-refractivity contribution >= 4 is 5.91 Å². The molecule has 1 aliphatic rings. The molecule has 106 valence electrons. The van der Waals surface area contributed by atoms with E-state index < -0.39 is 0 Å². The van der Waals surface area contributed by atoms with Gasteiger partial charge in [0.2, 0.25) is 0 Å². The molecule has 2 atom stereocenters. The Labute approximate surface area is 120 Å². The molecule has 1 aromatic carbocycles. The van der Waals surface area contributed by atoms with Crippen molar-refractivity contribution in [3.63, 3.8) is 0 Å². The second-order valence-corrected chi connectivity index (χ2v) is 5.22. The molecular weight excluding hydrogens is 250 g/mol. The SMILES string of the molecule is CCCC1CC1NC(=O)c1cccc(C#CCCO)c1. The molecule has 0 spiro atoms. The molecule has 1 saturated carbocycles. The molecule has 20 heavy (non-hydrogen) atoms. The summed E-state index contributed by atoms with van der Waals surface area (Å²) in [6, 6.07) is 7.68. The number of rotatable bonds is 5. The van der Waals surface area contributed by atoms with E-state index >= 15 is 0 Å². The Morgan fingerprint density at radius 2 is 2.35 bits per heavy atom. The number of hydrogen-bond donors (Lipinski definition) is 2. The van der Waals surface area contributed by atoms with Gasteiger partial charge < -0.3 is 10.4 Å². The number of amides is 1. The first kappa shape index (κ1) is 14.6. The minimum atomic E-state index is -0.0144. The Kier molecular flexibility index (Phi) is 5.20. The van der Waals surface area contributed by atoms with E-state index in [-0.39, 0.29) is 12.5 Å². The van der Waals surface area contributed by atoms with Crippen LogP contribution in [-0.4, -0.2) is 23.7 Å². The van der Waals surface area contributed by atoms with Crippen LogP contribution >= 0.6 is 0 Å². The molecule has 1 fully saturated rings. The Morgan fingerprint density at radius 3 is 3.10 bits per heavy atom. The number of aliphatic hydroxyl groups is 1. The highest BCUT2D eigenvalue weighted by Crippen LogP contribution is 2.34. The van der Waals surface area contributed by atoms with Gasteiger partial charge in [0.05, 0.1) is 6.61 Å². The number of benzene rings is 1. The monoisotopic (exact) mass is 271 g/mol. The Morgan fingerprint density at radius 1 is 1.50 bits per heavy atom. The lowest BCUT2D eigenvalue weighted by atomic mass is 10.1. The van der Waals surface area contributed by atoms with E-state index in [0.29, 0.717) is 23.9 Å². The van der Waals surface area contributed by atoms with Gasteiger partial charge in [-0.25, -0.2) is 0 Å². The summed E-state index contributed by atoms with van der Waals surface area (Å²) >= 11 is 0. The molecular formula is C17H21NO2. The van der Waals surface area contributed by atoms with Gasteiger partial charge in [0.15, 0.2) is 0 Å². The topological polar surface area (TPSA) is 49.3 Å². The van der Waals surface area contributed by atoms with Crippen LogP contribution in [0.4, 0.5) is 0 Å². The van der Waals surface area contributed by atoms with Crippen molar-refractivity contribution in [1.82, 2.24) is 5.32 Å². The van der Waals surface area contributed by atoms with Gasteiger partial charge in [0.1, 0.15) is 0 Å². The third-order valence-electron chi connectivity index (χ3n) is 3.49. The largest absolute Gasteiger partial charge is 0.395 e. The van der Waals surface area contributed by atoms with Gasteiger partial charge in [-0.15, -0.1) is 0 Å². The number of aliphatic hydroxyl groups excluding tert-OH is 1. The minimum absolute atomic E-state index is 0.0144. The number of carbonyl (C=O) groups excluding carboxylic acids is 1. The molecule has 2 N–H and O–H groups in total. The van der Waals surface area contributed by atoms with E-state index in [9.17, 15) is 4.79 Å². The minimum Gasteiger partial charge on any atom is -0.395 e. The fourth-order valence-electron chi connectivity index (χ4n) is 2.32. The highest BCUT2D eigenvalue weighted by atomic mass is 16.2. The van der Waals surface area contributed by atoms with Crippen LogP contribution in [0.2, 0.25) is 0 Å². The lowest BCUT2D eigenvalue weighted by Crippen LogP contribution is -2.26. The molecule has 0 radical (unpaired) electrons. The average Bonchev–Trinajstić information content (AvgIpc) is 3.18. The first-order chi connectivity index (χ1) is 9.74. The molecule has 1 amide bonds. The second-order valence-electron chi connectivity index (χ2n) is 5.22. The van der Waals surface area contributed by atoms with Crippen molar-refractivity contribution in [3.8, 4) is 11.8 Å². The molecule has 1 aromatic rings. The van der Waals surface area contributed by atoms with Crippen molar-refractivity contribution in [3.05, 3.63) is 35.4 Å². The van der Waals surface area contributed by atoms with Crippen LogP contribution in [0.1, 0.15) is 48.5 Å². The summed E-state index contributed by atoms with van der Waals surface area (Å²) in [5.41, 5.74) is 1.47. The maximum Gasteiger partial charge on any atom is 0.251 e. The summed E-state index contributed by atoms with van der Waals surface area (Å²) in [6.07, 6.45) is 3.93. The van der Waals surface area contributed by atoms with Gasteiger partial charge in [0.25, 0.3) is 5.91 Å². The van der Waals surface area contributed by atoms with E-state index in [2.05, 4.69) is 24.1 Å². The van der Waals surface area contributed by atoms with Gasteiger partial charge in [-0.1, -0.05) is 31.3 Å². The molecule has 1 aliphatic carbocycles. The molecule has 0 aliphatic heterocycles. The van der Waals surface area contributed by atoms with E-state index in [1.165, 1.54) is 12.8 Å². The van der Waals surface area contributed by atoms with E-state index in [4.69, 9.17) is 5.11 Å². The van der Waals surface area contributed by atoms with Crippen molar-refractivity contribution in [2.75, 3.05) is 6.61 Å². The number of nitrogens with one attached hydrogen (secondary N) is 1. The predicted molar refractivity (Wildman–Crippen MR) is 79.3 cm³/mol. The van der Waals surface area contributed by atoms with Crippen molar-refractivity contribution in [2.24, 2.45) is 5.92 Å². The fourth-order valence-corrected chi connectivity index (χ4v) is 2.32. The molecule has 3 nitrogen and oxygen atoms in total. The fraction of sp³-hybridized carbons (Fsp3) is 0.471. The number of hydrogen-bond acceptors (Lipinski definition) is 2. The quantitative estimate of drug-likeness (QED) is 0.808. The molecule has 0 saturated heterocycles. The first-order valence-electron chi connectivity index (χ1n) is 7.25. The van der Waals surface area contributed by atoms with Crippen LogP contribution in [0, 0.1) is 17.8 Å². The van der Waals surface area contributed by atoms with E-state index in [0.717, 1.165) is 12.0 Å². The van der Waals surface area contributed by atoms with E-state index in [1.54, 1.807) is 6.07 Å². The zero-order valence-corrected chi connectivity index (χ0v) is 11.9. The maximum absolute atomic E-state index is 12.1. The van der Waals surface area contributed by atoms with Crippen LogP contribution in [0.3, 0.4) is 0 Å². The van der Waals surface area contributed by atoms with Gasteiger partial charge in [-0.3, -0.25) is 4.79 Å². The van der Waals surface area contributed by atoms with Crippen LogP contribution in [0.5, 0.6) is 0 Å². The second kappa shape index (κ2) is 7.12. The summed E-state index contributed by atoms with van der Waals surface area (Å²) in [5.74, 6) is 6.46. The zero-order chi connectivity index (χ0) is 14.4. The first-order valence-corrected chi connectivity index (χ1v) is 7.25. The van der Waals surface area contributed by atoms with E-state index in [1.807, 2.05) is 18.2 Å². The van der Waals surface area contributed by atoms with Crippen molar-refractivity contribution < 1.29 is 9.90 Å². The third-order valence-corrected chi connectivity index (χ3v) is 3.49. The van der Waals surface area contributed by atoms with Crippen LogP contribution in [0.25, 0.3) is 0 Å². The van der Waals surface area contributed by atoms with Gasteiger partial charge in [-0.2, -0.15) is 0 Å². The lowest BCUT2D eigenvalue weighted by Gasteiger charge is -2.05. The van der Waals surface area contributed by atoms with Gasteiger partial charge in [-0.05, 0) is 37.0 Å². The van der Waals surface area contributed by atoms with Gasteiger partial charge in [0, 0.05) is 23.6 Å². The zero-order valence-electron chi connectivity index (χ0n) is 11.9. The normalized spacial score (nSPS) is 19.9. The predicted octanol–water partition coefficient (Wildman–Crippen LogP) is 2.34. The summed E-state index contributed by atoms with van der Waals surface area (Å²) in [5, 5.41) is 11.8. The Bertz CT molecular complexity index is 527. The van der Waals surface area contributed by atoms with Crippen LogP contribution < -0.4 is 5.32 Å². The van der Waals surface area contributed by atoms with Crippen LogP contribution in [0.15, 0.2) is 24.3 Å².